The lowest BCUT2D eigenvalue weighted by atomic mass is 10.1. The molecule has 0 aliphatic carbocycles. The van der Waals surface area contributed by atoms with E-state index in [1.54, 1.807) is 38.3 Å². The summed E-state index contributed by atoms with van der Waals surface area (Å²) in [4.78, 5) is 37.3. The second kappa shape index (κ2) is 12.0. The van der Waals surface area contributed by atoms with Gasteiger partial charge in [-0.3, -0.25) is 9.59 Å². The van der Waals surface area contributed by atoms with Gasteiger partial charge in [-0.2, -0.15) is 9.78 Å². The molecule has 0 radical (unpaired) electrons. The SMILES string of the molecule is CCOC(=O)c1nn(-c2cccc(Br)c2)c(=O)cc1OCC(=O)NCCc1ccc(OC)cc1. The summed E-state index contributed by atoms with van der Waals surface area (Å²) in [5.74, 6) is -0.533. The Morgan fingerprint density at radius 2 is 1.88 bits per heavy atom. The number of carbonyl (C=O) groups is 2. The van der Waals surface area contributed by atoms with Gasteiger partial charge in [0.1, 0.15) is 5.75 Å². The molecule has 3 aromatic rings. The molecule has 0 spiro atoms. The Hall–Kier alpha value is -3.66. The fourth-order valence-corrected chi connectivity index (χ4v) is 3.40. The lowest BCUT2D eigenvalue weighted by Crippen LogP contribution is -2.32. The first-order valence-electron chi connectivity index (χ1n) is 10.5. The monoisotopic (exact) mass is 529 g/mol. The summed E-state index contributed by atoms with van der Waals surface area (Å²) in [7, 11) is 1.60. The van der Waals surface area contributed by atoms with Crippen LogP contribution in [0.4, 0.5) is 0 Å². The van der Waals surface area contributed by atoms with E-state index in [4.69, 9.17) is 14.2 Å². The summed E-state index contributed by atoms with van der Waals surface area (Å²) < 4.78 is 17.5. The maximum absolute atomic E-state index is 12.6. The Kier molecular flexibility index (Phi) is 8.80. The van der Waals surface area contributed by atoms with Crippen LogP contribution in [-0.4, -0.2) is 48.5 Å². The Labute approximate surface area is 204 Å². The van der Waals surface area contributed by atoms with Gasteiger partial charge in [0.15, 0.2) is 12.4 Å². The zero-order valence-electron chi connectivity index (χ0n) is 18.7. The van der Waals surface area contributed by atoms with Crippen molar-refractivity contribution in [1.82, 2.24) is 15.1 Å². The van der Waals surface area contributed by atoms with Crippen molar-refractivity contribution in [3.63, 3.8) is 0 Å². The number of amides is 1. The fourth-order valence-electron chi connectivity index (χ4n) is 3.02. The molecule has 34 heavy (non-hydrogen) atoms. The summed E-state index contributed by atoms with van der Waals surface area (Å²) in [5, 5.41) is 6.88. The van der Waals surface area contributed by atoms with Crippen molar-refractivity contribution >= 4 is 27.8 Å². The minimum atomic E-state index is -0.763. The molecule has 0 atom stereocenters. The number of hydrogen-bond acceptors (Lipinski definition) is 7. The lowest BCUT2D eigenvalue weighted by Gasteiger charge is -2.13. The van der Waals surface area contributed by atoms with Gasteiger partial charge in [-0.15, -0.1) is 0 Å². The molecule has 178 valence electrons. The van der Waals surface area contributed by atoms with Crippen LogP contribution in [0.2, 0.25) is 0 Å². The van der Waals surface area contributed by atoms with Gasteiger partial charge in [0.05, 0.1) is 25.5 Å². The highest BCUT2D eigenvalue weighted by atomic mass is 79.9. The van der Waals surface area contributed by atoms with Gasteiger partial charge < -0.3 is 19.5 Å². The number of esters is 1. The zero-order valence-corrected chi connectivity index (χ0v) is 20.3. The number of halogens is 1. The van der Waals surface area contributed by atoms with Crippen LogP contribution in [0.25, 0.3) is 5.69 Å². The van der Waals surface area contributed by atoms with Gasteiger partial charge in [-0.25, -0.2) is 4.79 Å². The van der Waals surface area contributed by atoms with Crippen LogP contribution in [0.1, 0.15) is 23.0 Å². The molecule has 0 saturated carbocycles. The van der Waals surface area contributed by atoms with E-state index in [0.29, 0.717) is 18.7 Å². The third-order valence-electron chi connectivity index (χ3n) is 4.67. The van der Waals surface area contributed by atoms with Crippen molar-refractivity contribution < 1.29 is 23.8 Å². The Balaban J connectivity index is 1.68. The molecule has 0 aliphatic heterocycles. The number of benzene rings is 2. The van der Waals surface area contributed by atoms with E-state index in [2.05, 4.69) is 26.3 Å². The van der Waals surface area contributed by atoms with Crippen LogP contribution in [0.5, 0.6) is 11.5 Å². The van der Waals surface area contributed by atoms with Crippen molar-refractivity contribution in [2.45, 2.75) is 13.3 Å². The molecule has 0 bridgehead atoms. The average molecular weight is 530 g/mol. The highest BCUT2D eigenvalue weighted by Gasteiger charge is 2.20. The first kappa shape index (κ1) is 25.0. The van der Waals surface area contributed by atoms with E-state index in [1.165, 1.54) is 0 Å². The van der Waals surface area contributed by atoms with E-state index >= 15 is 0 Å². The number of carbonyl (C=O) groups excluding carboxylic acids is 2. The van der Waals surface area contributed by atoms with E-state index < -0.39 is 24.0 Å². The molecule has 1 N–H and O–H groups in total. The topological polar surface area (TPSA) is 109 Å². The van der Waals surface area contributed by atoms with Crippen LogP contribution >= 0.6 is 15.9 Å². The van der Waals surface area contributed by atoms with E-state index in [0.717, 1.165) is 26.5 Å². The number of rotatable bonds is 10. The molecule has 1 amide bonds. The van der Waals surface area contributed by atoms with Crippen molar-refractivity contribution in [2.24, 2.45) is 0 Å². The van der Waals surface area contributed by atoms with Crippen LogP contribution in [-0.2, 0) is 16.0 Å². The molecule has 2 aromatic carbocycles. The smallest absolute Gasteiger partial charge is 0.362 e. The minimum Gasteiger partial charge on any atom is -0.497 e. The summed E-state index contributed by atoms with van der Waals surface area (Å²) in [6, 6.07) is 15.5. The van der Waals surface area contributed by atoms with Crippen molar-refractivity contribution in [2.75, 3.05) is 26.9 Å². The van der Waals surface area contributed by atoms with Crippen LogP contribution in [0.15, 0.2) is 63.9 Å². The first-order valence-corrected chi connectivity index (χ1v) is 11.3. The number of ether oxygens (including phenoxy) is 3. The second-order valence-corrected chi connectivity index (χ2v) is 7.96. The number of methoxy groups -OCH3 is 1. The maximum atomic E-state index is 12.6. The predicted octanol–water partition coefficient (Wildman–Crippen LogP) is 2.92. The highest BCUT2D eigenvalue weighted by Crippen LogP contribution is 2.18. The van der Waals surface area contributed by atoms with E-state index in [1.807, 2.05) is 24.3 Å². The molecule has 10 heteroatoms. The number of hydrogen-bond donors (Lipinski definition) is 1. The molecule has 0 aliphatic rings. The predicted molar refractivity (Wildman–Crippen MR) is 129 cm³/mol. The molecule has 0 saturated heterocycles. The molecule has 1 heterocycles. The molecular formula is C24H24BrN3O6. The quantitative estimate of drug-likeness (QED) is 0.402. The third-order valence-corrected chi connectivity index (χ3v) is 5.17. The molecule has 1 aromatic heterocycles. The fraction of sp³-hybridized carbons (Fsp3) is 0.250. The third kappa shape index (κ3) is 6.67. The molecular weight excluding hydrogens is 506 g/mol. The molecule has 0 unspecified atom stereocenters. The molecule has 3 rings (SSSR count). The lowest BCUT2D eigenvalue weighted by molar-refractivity contribution is -0.123. The molecule has 9 nitrogen and oxygen atoms in total. The van der Waals surface area contributed by atoms with Gasteiger partial charge in [-0.05, 0) is 49.2 Å². The Morgan fingerprint density at radius 3 is 2.56 bits per heavy atom. The van der Waals surface area contributed by atoms with Gasteiger partial charge in [-0.1, -0.05) is 34.1 Å². The van der Waals surface area contributed by atoms with Crippen LogP contribution < -0.4 is 20.3 Å². The Morgan fingerprint density at radius 1 is 1.12 bits per heavy atom. The number of nitrogens with one attached hydrogen (secondary N) is 1. The highest BCUT2D eigenvalue weighted by molar-refractivity contribution is 9.10. The standard InChI is InChI=1S/C24H24BrN3O6/c1-3-33-24(31)23-20(14-22(30)28(27-23)18-6-4-5-17(25)13-18)34-15-21(29)26-12-11-16-7-9-19(32-2)10-8-16/h4-10,13-14H,3,11-12,15H2,1-2H3,(H,26,29). The van der Waals surface area contributed by atoms with Gasteiger partial charge in [0.2, 0.25) is 5.69 Å². The van der Waals surface area contributed by atoms with Gasteiger partial charge in [0.25, 0.3) is 11.5 Å². The summed E-state index contributed by atoms with van der Waals surface area (Å²) in [5.41, 5.74) is 0.758. The average Bonchev–Trinajstić information content (AvgIpc) is 2.83. The van der Waals surface area contributed by atoms with Crippen molar-refractivity contribution in [1.29, 1.82) is 0 Å². The number of aromatic nitrogens is 2. The zero-order chi connectivity index (χ0) is 24.5. The summed E-state index contributed by atoms with van der Waals surface area (Å²) in [6.45, 7) is 1.76. The van der Waals surface area contributed by atoms with E-state index in [-0.39, 0.29) is 18.1 Å². The number of nitrogens with zero attached hydrogens (tertiary/aromatic N) is 2. The normalized spacial score (nSPS) is 10.4. The Bertz CT molecular complexity index is 1210. The van der Waals surface area contributed by atoms with E-state index in [9.17, 15) is 14.4 Å². The summed E-state index contributed by atoms with van der Waals surface area (Å²) >= 11 is 3.34. The largest absolute Gasteiger partial charge is 0.497 e. The molecule has 0 fully saturated rings. The van der Waals surface area contributed by atoms with Crippen molar-refractivity contribution in [3.05, 3.63) is 80.7 Å². The van der Waals surface area contributed by atoms with Crippen LogP contribution in [0.3, 0.4) is 0 Å². The van der Waals surface area contributed by atoms with Crippen molar-refractivity contribution in [3.8, 4) is 17.2 Å². The van der Waals surface area contributed by atoms with Gasteiger partial charge >= 0.3 is 5.97 Å². The maximum Gasteiger partial charge on any atom is 0.362 e. The minimum absolute atomic E-state index is 0.113. The second-order valence-electron chi connectivity index (χ2n) is 7.04. The van der Waals surface area contributed by atoms with Gasteiger partial charge in [0, 0.05) is 11.0 Å². The summed E-state index contributed by atoms with van der Waals surface area (Å²) in [6.07, 6.45) is 0.619. The van der Waals surface area contributed by atoms with Crippen LogP contribution in [0, 0.1) is 0 Å². The first-order chi connectivity index (χ1) is 16.4.